The van der Waals surface area contributed by atoms with E-state index in [4.69, 9.17) is 79.8 Å². The number of carbonyl (C=O) groups is 2. The fourth-order valence-corrected chi connectivity index (χ4v) is 11.7. The van der Waals surface area contributed by atoms with Crippen molar-refractivity contribution in [3.05, 3.63) is 135 Å². The molecule has 0 bridgehead atoms. The number of rotatable bonds is 9. The Labute approximate surface area is 415 Å². The summed E-state index contributed by atoms with van der Waals surface area (Å²) in [5.74, 6) is -0.564. The second-order valence-electron chi connectivity index (χ2n) is 20.3. The van der Waals surface area contributed by atoms with Gasteiger partial charge in [0.1, 0.15) is 23.5 Å². The normalized spacial score (nSPS) is 17.3. The van der Waals surface area contributed by atoms with Crippen molar-refractivity contribution < 1.29 is 9.59 Å². The summed E-state index contributed by atoms with van der Waals surface area (Å²) in [6.07, 6.45) is 8.16. The average Bonchev–Trinajstić information content (AvgIpc) is 3.83. The topological polar surface area (TPSA) is 83.6 Å². The summed E-state index contributed by atoms with van der Waals surface area (Å²) in [6, 6.07) is 13.5. The Morgan fingerprint density at radius 2 is 0.719 bits per heavy atom. The molecule has 6 nitrogen and oxygen atoms in total. The lowest BCUT2D eigenvalue weighted by Gasteiger charge is -2.34. The van der Waals surface area contributed by atoms with E-state index in [9.17, 15) is 9.59 Å². The van der Waals surface area contributed by atoms with Crippen LogP contribution >= 0.6 is 92.3 Å². The van der Waals surface area contributed by atoms with E-state index in [-0.39, 0.29) is 43.5 Å². The number of carbonyl (C=O) groups excluding carboxylic acids is 2. The quantitative estimate of drug-likeness (QED) is 0.157. The molecule has 2 aliphatic carbocycles. The van der Waals surface area contributed by atoms with Gasteiger partial charge in [-0.3, -0.25) is 9.59 Å². The molecule has 14 heteroatoms. The van der Waals surface area contributed by atoms with Gasteiger partial charge in [0.15, 0.2) is 11.6 Å². The third-order valence-electron chi connectivity index (χ3n) is 11.0. The molecule has 6 rings (SSSR count). The zero-order chi connectivity index (χ0) is 47.4. The summed E-state index contributed by atoms with van der Waals surface area (Å²) in [7, 11) is 0. The molecular weight excluding hydrogens is 965 g/mol. The smallest absolute Gasteiger partial charge is 0.185 e. The van der Waals surface area contributed by atoms with E-state index in [1.165, 1.54) is 0 Å². The lowest BCUT2D eigenvalue weighted by molar-refractivity contribution is -0.115. The molecule has 0 saturated carbocycles. The number of ketones is 2. The monoisotopic (exact) mass is 1010 g/mol. The Morgan fingerprint density at radius 1 is 0.453 bits per heavy atom. The predicted molar refractivity (Wildman–Crippen MR) is 272 cm³/mol. The standard InChI is InChI=1S/C50H52Cl6N4O2S2/c1-47(2,3)29-17-25(18-30(45(29)61)48(4,5)6)41(57-59-43-33(53)21-27(51)22-34(43)54)39-15-13-37(63-39)38-14-16-40(64-38)42(58-60-44-35(55)23-28(52)24-36(44)56)26-19-31(49(7,8)9)46(62)32(20-26)50(10,11)12/h13-26,41-42H,1-12H3/b59-57+,60-58+. The first-order valence-electron chi connectivity index (χ1n) is 20.8. The highest BCUT2D eigenvalue weighted by Gasteiger charge is 2.40. The number of benzene rings is 2. The van der Waals surface area contributed by atoms with Crippen LogP contribution in [0.4, 0.5) is 11.4 Å². The zero-order valence-electron chi connectivity index (χ0n) is 37.9. The minimum atomic E-state index is -0.541. The number of hydrogen-bond acceptors (Lipinski definition) is 8. The third-order valence-corrected chi connectivity index (χ3v) is 15.1. The molecule has 2 unspecified atom stereocenters. The lowest BCUT2D eigenvalue weighted by atomic mass is 9.70. The van der Waals surface area contributed by atoms with Crippen LogP contribution in [0, 0.1) is 33.5 Å². The van der Waals surface area contributed by atoms with Gasteiger partial charge in [-0.1, -0.05) is 177 Å². The molecule has 0 radical (unpaired) electrons. The van der Waals surface area contributed by atoms with Gasteiger partial charge in [0.05, 0.1) is 20.1 Å². The summed E-state index contributed by atoms with van der Waals surface area (Å²) in [5.41, 5.74) is 1.83. The molecule has 0 saturated heterocycles. The van der Waals surface area contributed by atoms with Crippen LogP contribution in [0.5, 0.6) is 0 Å². The number of Topliss-reactive ketones (excluding diaryl/α,β-unsaturated/α-hetero) is 2. The van der Waals surface area contributed by atoms with E-state index in [0.29, 0.717) is 21.4 Å². The highest BCUT2D eigenvalue weighted by atomic mass is 35.5. The lowest BCUT2D eigenvalue weighted by Crippen LogP contribution is -2.30. The van der Waals surface area contributed by atoms with Crippen LogP contribution in [0.2, 0.25) is 30.1 Å². The minimum absolute atomic E-state index is 0.0392. The van der Waals surface area contributed by atoms with Crippen LogP contribution in [-0.4, -0.2) is 11.6 Å². The van der Waals surface area contributed by atoms with Gasteiger partial charge in [0, 0.05) is 63.7 Å². The summed E-state index contributed by atoms with van der Waals surface area (Å²) < 4.78 is 0. The summed E-state index contributed by atoms with van der Waals surface area (Å²) >= 11 is 42.1. The van der Waals surface area contributed by atoms with Gasteiger partial charge in [-0.25, -0.2) is 0 Å². The number of nitrogens with zero attached hydrogens (tertiary/aromatic N) is 4. The Hall–Kier alpha value is -2.92. The zero-order valence-corrected chi connectivity index (χ0v) is 44.1. The number of halogens is 6. The number of hydrogen-bond donors (Lipinski definition) is 0. The fraction of sp³-hybridized carbons (Fsp3) is 0.400. The summed E-state index contributed by atoms with van der Waals surface area (Å²) in [6.45, 7) is 24.6. The highest BCUT2D eigenvalue weighted by Crippen LogP contribution is 2.50. The van der Waals surface area contributed by atoms with Gasteiger partial charge in [-0.2, -0.15) is 20.5 Å². The number of allylic oxidation sites excluding steroid dienone is 4. The van der Waals surface area contributed by atoms with Crippen molar-refractivity contribution in [2.75, 3.05) is 0 Å². The van der Waals surface area contributed by atoms with Crippen LogP contribution in [0.3, 0.4) is 0 Å². The van der Waals surface area contributed by atoms with Crippen LogP contribution in [0.1, 0.15) is 105 Å². The van der Waals surface area contributed by atoms with Gasteiger partial charge in [-0.05, 0) is 70.2 Å². The van der Waals surface area contributed by atoms with Crippen molar-refractivity contribution in [3.63, 3.8) is 0 Å². The summed E-state index contributed by atoms with van der Waals surface area (Å²) in [4.78, 5) is 31.9. The second kappa shape index (κ2) is 19.0. The van der Waals surface area contributed by atoms with E-state index < -0.39 is 33.7 Å². The van der Waals surface area contributed by atoms with Crippen LogP contribution in [0.25, 0.3) is 9.75 Å². The van der Waals surface area contributed by atoms with Crippen LogP contribution in [-0.2, 0) is 9.59 Å². The maximum atomic E-state index is 14.0. The van der Waals surface area contributed by atoms with Gasteiger partial charge in [0.25, 0.3) is 0 Å². The van der Waals surface area contributed by atoms with Gasteiger partial charge in [-0.15, -0.1) is 22.7 Å². The predicted octanol–water partition coefficient (Wildman–Crippen LogP) is 19.3. The molecule has 2 heterocycles. The molecule has 2 aromatic heterocycles. The SMILES string of the molecule is CC(C)(C)C1=CC(C(/N=N/c2c(Cl)cc(Cl)cc2Cl)c2ccc(-c3ccc(C(/N=N/c4c(Cl)cc(Cl)cc4Cl)C4C=C(C(C)(C)C)C(=O)C(C(C)(C)C)=C4)s3)s2)C=C(C(C)(C)C)C1=O. The summed E-state index contributed by atoms with van der Waals surface area (Å²) in [5, 5.41) is 21.1. The number of azo groups is 2. The van der Waals surface area contributed by atoms with Crippen molar-refractivity contribution in [2.24, 2.45) is 54.0 Å². The van der Waals surface area contributed by atoms with E-state index in [1.807, 2.05) is 24.3 Å². The molecule has 0 amide bonds. The number of thiophene rings is 2. The molecular formula is C50H52Cl6N4O2S2. The molecule has 338 valence electrons. The highest BCUT2D eigenvalue weighted by molar-refractivity contribution is 7.22. The molecule has 0 aliphatic heterocycles. The maximum absolute atomic E-state index is 14.0. The Kier molecular flexibility index (Phi) is 15.0. The molecule has 2 atom stereocenters. The minimum Gasteiger partial charge on any atom is -0.289 e. The van der Waals surface area contributed by atoms with Crippen molar-refractivity contribution in [3.8, 4) is 9.75 Å². The second-order valence-corrected chi connectivity index (χ2v) is 25.0. The van der Waals surface area contributed by atoms with Crippen LogP contribution < -0.4 is 0 Å². The largest absolute Gasteiger partial charge is 0.289 e. The Balaban J connectivity index is 1.49. The Morgan fingerprint density at radius 3 is 0.969 bits per heavy atom. The average molecular weight is 1020 g/mol. The van der Waals surface area contributed by atoms with Gasteiger partial charge >= 0.3 is 0 Å². The van der Waals surface area contributed by atoms with E-state index in [0.717, 1.165) is 41.8 Å². The molecule has 0 fully saturated rings. The van der Waals surface area contributed by atoms with Gasteiger partial charge < -0.3 is 0 Å². The van der Waals surface area contributed by atoms with Crippen LogP contribution in [0.15, 0.2) is 116 Å². The molecule has 2 aliphatic rings. The molecule has 64 heavy (non-hydrogen) atoms. The van der Waals surface area contributed by atoms with E-state index in [1.54, 1.807) is 46.9 Å². The molecule has 0 spiro atoms. The molecule has 4 aromatic rings. The fourth-order valence-electron chi connectivity index (χ4n) is 7.62. The third kappa shape index (κ3) is 11.3. The molecule has 0 N–H and O–H groups in total. The van der Waals surface area contributed by atoms with Crippen molar-refractivity contribution in [2.45, 2.75) is 95.2 Å². The van der Waals surface area contributed by atoms with E-state index in [2.05, 4.69) is 118 Å². The maximum Gasteiger partial charge on any atom is 0.185 e. The van der Waals surface area contributed by atoms with Gasteiger partial charge in [0.2, 0.25) is 0 Å². The van der Waals surface area contributed by atoms with Crippen molar-refractivity contribution >= 4 is 115 Å². The molecule has 2 aromatic carbocycles. The first-order chi connectivity index (χ1) is 29.5. The Bertz CT molecular complexity index is 2390. The van der Waals surface area contributed by atoms with E-state index >= 15 is 0 Å². The van der Waals surface area contributed by atoms with Crippen molar-refractivity contribution in [1.29, 1.82) is 0 Å². The first-order valence-corrected chi connectivity index (χ1v) is 24.7. The first kappa shape index (κ1) is 50.5. The van der Waals surface area contributed by atoms with Crippen molar-refractivity contribution in [1.82, 2.24) is 0 Å².